The Morgan fingerprint density at radius 2 is 2.15 bits per heavy atom. The van der Waals surface area contributed by atoms with E-state index >= 15 is 0 Å². The quantitative estimate of drug-likeness (QED) is 0.848. The fourth-order valence-electron chi connectivity index (χ4n) is 2.45. The highest BCUT2D eigenvalue weighted by molar-refractivity contribution is 5.68. The van der Waals surface area contributed by atoms with Gasteiger partial charge >= 0.3 is 12.1 Å². The van der Waals surface area contributed by atoms with Crippen LogP contribution in [0.2, 0.25) is 0 Å². The molecule has 0 unspecified atom stereocenters. The monoisotopic (exact) mass is 282 g/mol. The largest absolute Gasteiger partial charge is 0.444 e. The van der Waals surface area contributed by atoms with Gasteiger partial charge in [-0.1, -0.05) is 5.10 Å². The van der Waals surface area contributed by atoms with Gasteiger partial charge in [-0.15, -0.1) is 5.10 Å². The number of amides is 1. The van der Waals surface area contributed by atoms with Crippen molar-refractivity contribution in [3.05, 3.63) is 5.89 Å². The average molecular weight is 282 g/mol. The van der Waals surface area contributed by atoms with Crippen LogP contribution in [-0.4, -0.2) is 39.4 Å². The zero-order valence-electron chi connectivity index (χ0n) is 12.4. The normalized spacial score (nSPS) is 23.7. The van der Waals surface area contributed by atoms with Gasteiger partial charge < -0.3 is 19.8 Å². The highest BCUT2D eigenvalue weighted by Crippen LogP contribution is 2.32. The van der Waals surface area contributed by atoms with Crippen LogP contribution in [0.15, 0.2) is 4.42 Å². The van der Waals surface area contributed by atoms with Gasteiger partial charge in [0.2, 0.25) is 5.89 Å². The Bertz CT molecular complexity index is 480. The van der Waals surface area contributed by atoms with Crippen LogP contribution in [0.5, 0.6) is 0 Å². The standard InChI is InChI=1S/C13H22N4O3/c1-8-9(10-15-16-11(14)19-10)6-5-7-17(8)12(18)20-13(2,3)4/h8-9H,5-7H2,1-4H3,(H2,14,16)/t8-,9+/m1/s1. The van der Waals surface area contributed by atoms with Crippen molar-refractivity contribution in [2.24, 2.45) is 0 Å². The minimum absolute atomic E-state index is 0.000989. The first-order valence-electron chi connectivity index (χ1n) is 6.86. The van der Waals surface area contributed by atoms with Crippen LogP contribution < -0.4 is 5.73 Å². The number of ether oxygens (including phenoxy) is 1. The lowest BCUT2D eigenvalue weighted by Gasteiger charge is -2.38. The summed E-state index contributed by atoms with van der Waals surface area (Å²) in [7, 11) is 0. The minimum Gasteiger partial charge on any atom is -0.444 e. The average Bonchev–Trinajstić information content (AvgIpc) is 2.73. The predicted octanol–water partition coefficient (Wildman–Crippen LogP) is 2.15. The van der Waals surface area contributed by atoms with Crippen molar-refractivity contribution in [1.82, 2.24) is 15.1 Å². The zero-order chi connectivity index (χ0) is 14.9. The molecular formula is C13H22N4O3. The first-order chi connectivity index (χ1) is 9.28. The fourth-order valence-corrected chi connectivity index (χ4v) is 2.45. The van der Waals surface area contributed by atoms with E-state index in [1.54, 1.807) is 4.90 Å². The van der Waals surface area contributed by atoms with Crippen LogP contribution in [0.1, 0.15) is 52.3 Å². The lowest BCUT2D eigenvalue weighted by atomic mass is 9.90. The van der Waals surface area contributed by atoms with E-state index in [2.05, 4.69) is 10.2 Å². The number of carbonyl (C=O) groups excluding carboxylic acids is 1. The van der Waals surface area contributed by atoms with Crippen molar-refractivity contribution in [3.8, 4) is 0 Å². The minimum atomic E-state index is -0.501. The lowest BCUT2D eigenvalue weighted by Crippen LogP contribution is -2.48. The maximum atomic E-state index is 12.2. The first kappa shape index (κ1) is 14.6. The molecule has 1 aliphatic rings. The van der Waals surface area contributed by atoms with E-state index in [0.717, 1.165) is 12.8 Å². The molecule has 2 atom stereocenters. The molecule has 20 heavy (non-hydrogen) atoms. The third kappa shape index (κ3) is 3.20. The number of likely N-dealkylation sites (tertiary alicyclic amines) is 1. The maximum Gasteiger partial charge on any atom is 0.410 e. The molecule has 2 heterocycles. The van der Waals surface area contributed by atoms with E-state index in [4.69, 9.17) is 14.9 Å². The molecule has 1 amide bonds. The van der Waals surface area contributed by atoms with Crippen molar-refractivity contribution >= 4 is 12.1 Å². The van der Waals surface area contributed by atoms with Gasteiger partial charge in [-0.25, -0.2) is 4.79 Å². The van der Waals surface area contributed by atoms with Gasteiger partial charge in [-0.2, -0.15) is 0 Å². The number of nitrogens with zero attached hydrogens (tertiary/aromatic N) is 3. The summed E-state index contributed by atoms with van der Waals surface area (Å²) in [6, 6.07) is 0.0000384. The number of anilines is 1. The number of hydrogen-bond donors (Lipinski definition) is 1. The number of hydrogen-bond acceptors (Lipinski definition) is 6. The van der Waals surface area contributed by atoms with Crippen molar-refractivity contribution in [2.75, 3.05) is 12.3 Å². The van der Waals surface area contributed by atoms with E-state index in [1.165, 1.54) is 0 Å². The third-order valence-electron chi connectivity index (χ3n) is 3.39. The van der Waals surface area contributed by atoms with Crippen LogP contribution >= 0.6 is 0 Å². The Hall–Kier alpha value is -1.79. The molecule has 0 spiro atoms. The Morgan fingerprint density at radius 3 is 2.70 bits per heavy atom. The Labute approximate surface area is 118 Å². The molecule has 1 aliphatic heterocycles. The molecule has 1 aromatic heterocycles. The van der Waals surface area contributed by atoms with Gasteiger partial charge in [-0.05, 0) is 40.5 Å². The molecule has 7 heteroatoms. The van der Waals surface area contributed by atoms with Crippen molar-refractivity contribution < 1.29 is 13.9 Å². The summed E-state index contributed by atoms with van der Waals surface area (Å²) in [6.45, 7) is 8.21. The number of carbonyl (C=O) groups is 1. The summed E-state index contributed by atoms with van der Waals surface area (Å²) in [5.41, 5.74) is 4.96. The SMILES string of the molecule is C[C@@H]1[C@@H](c2nnc(N)o2)CCCN1C(=O)OC(C)(C)C. The fraction of sp³-hybridized carbons (Fsp3) is 0.769. The summed E-state index contributed by atoms with van der Waals surface area (Å²) < 4.78 is 10.7. The third-order valence-corrected chi connectivity index (χ3v) is 3.39. The topological polar surface area (TPSA) is 94.5 Å². The number of nitrogens with two attached hydrogens (primary N) is 1. The molecule has 0 aliphatic carbocycles. The summed E-state index contributed by atoms with van der Waals surface area (Å²) in [4.78, 5) is 13.9. The highest BCUT2D eigenvalue weighted by Gasteiger charge is 2.36. The van der Waals surface area contributed by atoms with E-state index in [0.29, 0.717) is 12.4 Å². The summed E-state index contributed by atoms with van der Waals surface area (Å²) in [6.07, 6.45) is 1.46. The first-order valence-corrected chi connectivity index (χ1v) is 6.86. The molecule has 112 valence electrons. The smallest absolute Gasteiger partial charge is 0.410 e. The lowest BCUT2D eigenvalue weighted by molar-refractivity contribution is 0.00762. The van der Waals surface area contributed by atoms with Gasteiger partial charge in [0.15, 0.2) is 0 Å². The van der Waals surface area contributed by atoms with Crippen LogP contribution in [0.4, 0.5) is 10.8 Å². The molecule has 1 aromatic rings. The molecule has 0 saturated carbocycles. The van der Waals surface area contributed by atoms with Gasteiger partial charge in [-0.3, -0.25) is 0 Å². The molecule has 1 saturated heterocycles. The van der Waals surface area contributed by atoms with E-state index in [1.807, 2.05) is 27.7 Å². The molecule has 0 aromatic carbocycles. The van der Waals surface area contributed by atoms with Crippen LogP contribution in [0.25, 0.3) is 0 Å². The number of aromatic nitrogens is 2. The second kappa shape index (κ2) is 5.30. The number of rotatable bonds is 1. The molecule has 1 fully saturated rings. The zero-order valence-corrected chi connectivity index (χ0v) is 12.4. The van der Waals surface area contributed by atoms with Gasteiger partial charge in [0, 0.05) is 12.6 Å². The van der Waals surface area contributed by atoms with Gasteiger partial charge in [0.1, 0.15) is 5.60 Å². The van der Waals surface area contributed by atoms with Crippen LogP contribution in [0, 0.1) is 0 Å². The van der Waals surface area contributed by atoms with Crippen molar-refractivity contribution in [2.45, 2.75) is 58.1 Å². The molecule has 0 bridgehead atoms. The maximum absolute atomic E-state index is 12.2. The second-order valence-electron chi connectivity index (χ2n) is 6.14. The highest BCUT2D eigenvalue weighted by atomic mass is 16.6. The van der Waals surface area contributed by atoms with Crippen LogP contribution in [-0.2, 0) is 4.74 Å². The van der Waals surface area contributed by atoms with Gasteiger partial charge in [0.05, 0.1) is 5.92 Å². The van der Waals surface area contributed by atoms with Crippen molar-refractivity contribution in [3.63, 3.8) is 0 Å². The van der Waals surface area contributed by atoms with E-state index < -0.39 is 5.60 Å². The number of piperidine rings is 1. The molecular weight excluding hydrogens is 260 g/mol. The molecule has 0 radical (unpaired) electrons. The van der Waals surface area contributed by atoms with Crippen molar-refractivity contribution in [1.29, 1.82) is 0 Å². The van der Waals surface area contributed by atoms with Gasteiger partial charge in [0.25, 0.3) is 0 Å². The molecule has 7 nitrogen and oxygen atoms in total. The second-order valence-corrected chi connectivity index (χ2v) is 6.14. The molecule has 2 N–H and O–H groups in total. The summed E-state index contributed by atoms with van der Waals surface area (Å²) in [5.74, 6) is 0.490. The molecule has 2 rings (SSSR count). The van der Waals surface area contributed by atoms with Crippen LogP contribution in [0.3, 0.4) is 0 Å². The number of nitrogen functional groups attached to an aromatic ring is 1. The predicted molar refractivity (Wildman–Crippen MR) is 73.1 cm³/mol. The summed E-state index contributed by atoms with van der Waals surface area (Å²) >= 11 is 0. The Kier molecular flexibility index (Phi) is 3.87. The Balaban J connectivity index is 2.10. The van der Waals surface area contributed by atoms with E-state index in [-0.39, 0.29) is 24.1 Å². The van der Waals surface area contributed by atoms with E-state index in [9.17, 15) is 4.79 Å². The summed E-state index contributed by atoms with van der Waals surface area (Å²) in [5, 5.41) is 7.62. The Morgan fingerprint density at radius 1 is 1.45 bits per heavy atom.